The maximum atomic E-state index is 12.7. The van der Waals surface area contributed by atoms with Crippen LogP contribution in [0.4, 0.5) is 11.6 Å². The van der Waals surface area contributed by atoms with E-state index in [4.69, 9.17) is 20.8 Å². The van der Waals surface area contributed by atoms with Gasteiger partial charge in [0, 0.05) is 60.1 Å². The predicted octanol–water partition coefficient (Wildman–Crippen LogP) is 6.52. The van der Waals surface area contributed by atoms with Crippen molar-refractivity contribution in [3.05, 3.63) is 71.3 Å². The smallest absolute Gasteiger partial charge is 0.323 e. The number of pyridine rings is 2. The molecule has 4 heterocycles. The van der Waals surface area contributed by atoms with E-state index >= 15 is 0 Å². The zero-order chi connectivity index (χ0) is 40.4. The van der Waals surface area contributed by atoms with Crippen LogP contribution in [0.5, 0.6) is 0 Å². The number of nitrogens with zero attached hydrogens (tertiary/aromatic N) is 8. The summed E-state index contributed by atoms with van der Waals surface area (Å²) < 4.78 is 0. The molecule has 2 fully saturated rings. The van der Waals surface area contributed by atoms with Crippen LogP contribution in [0.2, 0.25) is 0 Å². The van der Waals surface area contributed by atoms with Gasteiger partial charge in [-0.15, -0.1) is 0 Å². The molecule has 4 aromatic heterocycles. The number of hydrogen-bond donors (Lipinski definition) is 3. The lowest BCUT2D eigenvalue weighted by atomic mass is 9.83. The molecule has 0 bridgehead atoms. The number of nitrogens with two attached hydrogens (primary N) is 1. The quantitative estimate of drug-likeness (QED) is 0.168. The molecule has 13 heteroatoms. The minimum Gasteiger partial charge on any atom is -0.480 e. The Labute approximate surface area is 337 Å². The van der Waals surface area contributed by atoms with Crippen LogP contribution < -0.4 is 20.9 Å². The summed E-state index contributed by atoms with van der Waals surface area (Å²) in [4.78, 5) is 54.7. The van der Waals surface area contributed by atoms with Crippen molar-refractivity contribution in [2.24, 2.45) is 5.73 Å². The second-order valence-corrected chi connectivity index (χ2v) is 16.7. The molecule has 0 spiro atoms. The number of carbonyl (C=O) groups excluding carboxylic acids is 1. The predicted molar refractivity (Wildman–Crippen MR) is 224 cm³/mol. The van der Waals surface area contributed by atoms with E-state index in [1.165, 1.54) is 56.9 Å². The van der Waals surface area contributed by atoms with Crippen LogP contribution in [0, 0.1) is 0 Å². The van der Waals surface area contributed by atoms with Crippen molar-refractivity contribution < 1.29 is 14.7 Å². The van der Waals surface area contributed by atoms with Crippen molar-refractivity contribution in [3.8, 4) is 23.0 Å². The molecule has 0 saturated heterocycles. The van der Waals surface area contributed by atoms with Crippen molar-refractivity contribution >= 4 is 23.5 Å². The molecule has 1 amide bonds. The standard InChI is InChI=1S/C22H29N5O.C15H16N4O2.C7H15N/c1-22(12-5-3-6-13-22)26-19(28)15-27(2)21-16-9-8-11-17(16)24-20(25-21)18-10-4-7-14-23-18;1-19(9-13(20)21)15-10-5-4-7-11(10)17-14(18-15)12-6-2-3-8-16-12;1-7(8)5-3-2-4-6-7/h4,7,10,14H,3,5-6,8-9,11-13,15H2,1-2H3,(H,26,28);2-3,6,8H,4-5,7,9H2,1H3,(H,20,21);2-6,8H2,1H3. The lowest BCUT2D eigenvalue weighted by Crippen LogP contribution is -2.50. The first kappa shape index (κ1) is 41.6. The normalized spacial score (nSPS) is 17.4. The van der Waals surface area contributed by atoms with Crippen molar-refractivity contribution in [1.82, 2.24) is 35.2 Å². The van der Waals surface area contributed by atoms with Gasteiger partial charge >= 0.3 is 5.97 Å². The van der Waals surface area contributed by atoms with Gasteiger partial charge in [-0.05, 0) is 102 Å². The number of aromatic nitrogens is 6. The van der Waals surface area contributed by atoms with E-state index in [1.807, 2.05) is 48.3 Å². The molecular weight excluding hydrogens is 717 g/mol. The molecule has 4 aliphatic carbocycles. The van der Waals surface area contributed by atoms with Crippen LogP contribution in [0.3, 0.4) is 0 Å². The van der Waals surface area contributed by atoms with Crippen molar-refractivity contribution in [1.29, 1.82) is 0 Å². The molecule has 57 heavy (non-hydrogen) atoms. The van der Waals surface area contributed by atoms with E-state index < -0.39 is 5.97 Å². The fourth-order valence-electron chi connectivity index (χ4n) is 8.44. The molecule has 0 aliphatic heterocycles. The minimum absolute atomic E-state index is 0.0663. The highest BCUT2D eigenvalue weighted by Crippen LogP contribution is 2.32. The Bertz CT molecular complexity index is 1960. The van der Waals surface area contributed by atoms with Gasteiger partial charge in [-0.1, -0.05) is 50.7 Å². The lowest BCUT2D eigenvalue weighted by molar-refractivity contribution is -0.135. The molecule has 0 radical (unpaired) electrons. The average Bonchev–Trinajstić information content (AvgIpc) is 3.88. The number of carbonyl (C=O) groups is 2. The summed E-state index contributed by atoms with van der Waals surface area (Å²) in [5, 5.41) is 12.3. The van der Waals surface area contributed by atoms with E-state index in [-0.39, 0.29) is 23.5 Å². The Morgan fingerprint density at radius 1 is 0.667 bits per heavy atom. The molecule has 0 unspecified atom stereocenters. The molecule has 13 nitrogen and oxygen atoms in total. The molecule has 4 aromatic rings. The number of aliphatic carboxylic acids is 1. The number of hydrogen-bond acceptors (Lipinski definition) is 11. The second kappa shape index (κ2) is 18.9. The molecule has 0 aromatic carbocycles. The zero-order valence-electron chi connectivity index (χ0n) is 34.3. The third-order valence-corrected chi connectivity index (χ3v) is 11.5. The first-order valence-corrected chi connectivity index (χ1v) is 20.8. The molecule has 2 saturated carbocycles. The molecule has 4 N–H and O–H groups in total. The number of carboxylic acid groups (broad SMARTS) is 1. The summed E-state index contributed by atoms with van der Waals surface area (Å²) in [5.41, 5.74) is 11.8. The second-order valence-electron chi connectivity index (χ2n) is 16.7. The van der Waals surface area contributed by atoms with Crippen LogP contribution in [0.25, 0.3) is 23.0 Å². The minimum atomic E-state index is -0.873. The van der Waals surface area contributed by atoms with Crippen LogP contribution >= 0.6 is 0 Å². The van der Waals surface area contributed by atoms with Gasteiger partial charge in [-0.3, -0.25) is 19.6 Å². The number of anilines is 2. The number of rotatable bonds is 9. The summed E-state index contributed by atoms with van der Waals surface area (Å²) >= 11 is 0. The number of carboxylic acids is 1. The first-order chi connectivity index (χ1) is 27.4. The SMILES string of the molecule is CC1(N)CCCCC1.CN(CC(=O)NC1(C)CCCCC1)c1nc(-c2ccccn2)nc2c1CCC2.CN(CC(=O)O)c1nc(-c2ccccn2)nc2c1CCC2. The van der Waals surface area contributed by atoms with Gasteiger partial charge in [0.1, 0.15) is 29.6 Å². The topological polar surface area (TPSA) is 176 Å². The number of fused-ring (bicyclic) bond motifs is 2. The van der Waals surface area contributed by atoms with Gasteiger partial charge in [0.15, 0.2) is 11.6 Å². The van der Waals surface area contributed by atoms with Gasteiger partial charge in [-0.2, -0.15) is 0 Å². The number of amides is 1. The Hall–Kier alpha value is -5.04. The monoisotopic (exact) mass is 776 g/mol. The molecule has 304 valence electrons. The largest absolute Gasteiger partial charge is 0.480 e. The van der Waals surface area contributed by atoms with E-state index in [2.05, 4.69) is 39.1 Å². The van der Waals surface area contributed by atoms with E-state index in [0.29, 0.717) is 29.7 Å². The maximum absolute atomic E-state index is 12.7. The number of likely N-dealkylation sites (N-methyl/N-ethyl adjacent to an activating group) is 2. The Kier molecular flexibility index (Phi) is 13.8. The first-order valence-electron chi connectivity index (χ1n) is 20.8. The van der Waals surface area contributed by atoms with Crippen LogP contribution in [-0.2, 0) is 35.3 Å². The third kappa shape index (κ3) is 11.3. The van der Waals surface area contributed by atoms with Gasteiger partial charge in [0.2, 0.25) is 5.91 Å². The van der Waals surface area contributed by atoms with Gasteiger partial charge in [0.25, 0.3) is 0 Å². The van der Waals surface area contributed by atoms with E-state index in [9.17, 15) is 9.59 Å². The summed E-state index contributed by atoms with van der Waals surface area (Å²) in [7, 11) is 3.70. The molecule has 0 atom stereocenters. The van der Waals surface area contributed by atoms with E-state index in [1.54, 1.807) is 24.3 Å². The summed E-state index contributed by atoms with van der Waals surface area (Å²) in [5.74, 6) is 1.97. The summed E-state index contributed by atoms with van der Waals surface area (Å²) in [6.45, 7) is 4.56. The third-order valence-electron chi connectivity index (χ3n) is 11.5. The fraction of sp³-hybridized carbons (Fsp3) is 0.545. The van der Waals surface area contributed by atoms with Gasteiger partial charge in [-0.25, -0.2) is 19.9 Å². The van der Waals surface area contributed by atoms with E-state index in [0.717, 1.165) is 79.8 Å². The van der Waals surface area contributed by atoms with Crippen LogP contribution in [0.1, 0.15) is 113 Å². The van der Waals surface area contributed by atoms with Gasteiger partial charge < -0.3 is 26.0 Å². The molecule has 4 aliphatic rings. The Morgan fingerprint density at radius 3 is 1.56 bits per heavy atom. The van der Waals surface area contributed by atoms with Crippen molar-refractivity contribution in [3.63, 3.8) is 0 Å². The highest BCUT2D eigenvalue weighted by molar-refractivity contribution is 5.82. The Morgan fingerprint density at radius 2 is 1.14 bits per heavy atom. The zero-order valence-corrected chi connectivity index (χ0v) is 34.3. The average molecular weight is 777 g/mol. The maximum Gasteiger partial charge on any atom is 0.323 e. The molecule has 8 rings (SSSR count). The summed E-state index contributed by atoms with van der Waals surface area (Å²) in [6, 6.07) is 11.4. The number of nitrogens with one attached hydrogen (secondary N) is 1. The fourth-order valence-corrected chi connectivity index (χ4v) is 8.44. The lowest BCUT2D eigenvalue weighted by Gasteiger charge is -2.35. The number of aryl methyl sites for hydroxylation is 2. The molecular formula is C44H60N10O3. The van der Waals surface area contributed by atoms with Crippen molar-refractivity contribution in [2.45, 2.75) is 128 Å². The highest BCUT2D eigenvalue weighted by atomic mass is 16.4. The van der Waals surface area contributed by atoms with Crippen LogP contribution in [-0.4, -0.2) is 85.1 Å². The highest BCUT2D eigenvalue weighted by Gasteiger charge is 2.30. The summed E-state index contributed by atoms with van der Waals surface area (Å²) in [6.07, 6.45) is 21.6. The van der Waals surface area contributed by atoms with Crippen molar-refractivity contribution in [2.75, 3.05) is 37.0 Å². The Balaban J connectivity index is 0.000000166. The van der Waals surface area contributed by atoms with Crippen LogP contribution in [0.15, 0.2) is 48.8 Å². The van der Waals surface area contributed by atoms with Gasteiger partial charge in [0.05, 0.1) is 6.54 Å².